The van der Waals surface area contributed by atoms with Gasteiger partial charge in [0, 0.05) is 37.3 Å². The Morgan fingerprint density at radius 3 is 2.42 bits per heavy atom. The predicted molar refractivity (Wildman–Crippen MR) is 140 cm³/mol. The van der Waals surface area contributed by atoms with E-state index in [0.29, 0.717) is 5.69 Å². The number of aliphatic hydroxyl groups is 1. The first-order valence-electron chi connectivity index (χ1n) is 12.6. The van der Waals surface area contributed by atoms with Gasteiger partial charge in [0.15, 0.2) is 0 Å². The molecule has 1 aliphatic heterocycles. The number of likely N-dealkylation sites (N-methyl/N-ethyl adjacent to an activating group) is 1. The van der Waals surface area contributed by atoms with Crippen LogP contribution in [0.5, 0.6) is 5.75 Å². The van der Waals surface area contributed by atoms with E-state index in [4.69, 9.17) is 4.74 Å². The van der Waals surface area contributed by atoms with Crippen LogP contribution >= 0.6 is 0 Å². The van der Waals surface area contributed by atoms with Gasteiger partial charge in [-0.05, 0) is 49.4 Å². The predicted octanol–water partition coefficient (Wildman–Crippen LogP) is 4.49. The van der Waals surface area contributed by atoms with E-state index in [9.17, 15) is 37.1 Å². The van der Waals surface area contributed by atoms with Crippen molar-refractivity contribution in [3.63, 3.8) is 0 Å². The third-order valence-corrected chi connectivity index (χ3v) is 6.48. The molecule has 0 saturated carbocycles. The Morgan fingerprint density at radius 2 is 1.80 bits per heavy atom. The zero-order valence-corrected chi connectivity index (χ0v) is 22.3. The second-order valence-corrected chi connectivity index (χ2v) is 9.81. The van der Waals surface area contributed by atoms with E-state index in [1.165, 1.54) is 52.3 Å². The number of fused-ring (bicyclic) bond motifs is 1. The summed E-state index contributed by atoms with van der Waals surface area (Å²) in [5.41, 5.74) is 0.554. The molecule has 9 nitrogen and oxygen atoms in total. The van der Waals surface area contributed by atoms with Crippen LogP contribution in [0.15, 0.2) is 42.5 Å². The largest absolute Gasteiger partial charge is 0.487 e. The fourth-order valence-corrected chi connectivity index (χ4v) is 4.10. The lowest BCUT2D eigenvalue weighted by Gasteiger charge is -2.38. The monoisotopic (exact) mass is 568 g/mol. The molecule has 0 aromatic heterocycles. The van der Waals surface area contributed by atoms with Crippen LogP contribution in [-0.2, 0) is 4.79 Å². The first-order valence-corrected chi connectivity index (χ1v) is 12.6. The van der Waals surface area contributed by atoms with Crippen LogP contribution in [0.3, 0.4) is 0 Å². The number of amides is 4. The van der Waals surface area contributed by atoms with E-state index >= 15 is 0 Å². The molecular weight excluding hydrogens is 536 g/mol. The Kier molecular flexibility index (Phi) is 9.96. The van der Waals surface area contributed by atoms with Gasteiger partial charge in [0.25, 0.3) is 5.91 Å². The van der Waals surface area contributed by atoms with Crippen molar-refractivity contribution in [2.45, 2.75) is 45.0 Å². The van der Waals surface area contributed by atoms with Gasteiger partial charge >= 0.3 is 12.2 Å². The number of anilines is 2. The van der Waals surface area contributed by atoms with Crippen LogP contribution < -0.4 is 15.4 Å². The number of halogens is 4. The number of ether oxygens (including phenoxy) is 1. The van der Waals surface area contributed by atoms with Gasteiger partial charge in [0.2, 0.25) is 5.91 Å². The molecule has 2 aromatic carbocycles. The zero-order chi connectivity index (χ0) is 29.6. The van der Waals surface area contributed by atoms with Crippen molar-refractivity contribution in [1.82, 2.24) is 9.80 Å². The topological polar surface area (TPSA) is 111 Å². The summed E-state index contributed by atoms with van der Waals surface area (Å²) in [6.07, 6.45) is -7.15. The Morgan fingerprint density at radius 1 is 1.15 bits per heavy atom. The molecule has 40 heavy (non-hydrogen) atoms. The highest BCUT2D eigenvalue weighted by atomic mass is 19.4. The maximum Gasteiger partial charge on any atom is 0.389 e. The summed E-state index contributed by atoms with van der Waals surface area (Å²) in [5, 5.41) is 14.8. The first-order chi connectivity index (χ1) is 18.8. The van der Waals surface area contributed by atoms with Crippen molar-refractivity contribution in [2.24, 2.45) is 5.92 Å². The Labute approximate surface area is 229 Å². The number of benzene rings is 2. The molecule has 3 atom stereocenters. The molecule has 2 aromatic rings. The number of urea groups is 1. The average Bonchev–Trinajstić information content (AvgIpc) is 2.90. The van der Waals surface area contributed by atoms with E-state index in [2.05, 4.69) is 10.6 Å². The molecule has 218 valence electrons. The van der Waals surface area contributed by atoms with Crippen LogP contribution in [0.25, 0.3) is 0 Å². The van der Waals surface area contributed by atoms with E-state index in [0.717, 1.165) is 0 Å². The van der Waals surface area contributed by atoms with E-state index in [-0.39, 0.29) is 42.6 Å². The van der Waals surface area contributed by atoms with Crippen LogP contribution in [-0.4, -0.2) is 77.8 Å². The maximum atomic E-state index is 13.5. The average molecular weight is 569 g/mol. The quantitative estimate of drug-likeness (QED) is 0.407. The van der Waals surface area contributed by atoms with Gasteiger partial charge < -0.3 is 30.3 Å². The Balaban J connectivity index is 1.83. The number of carbonyl (C=O) groups is 3. The molecule has 1 aliphatic rings. The molecule has 3 rings (SSSR count). The van der Waals surface area contributed by atoms with Crippen molar-refractivity contribution in [1.29, 1.82) is 0 Å². The van der Waals surface area contributed by atoms with Crippen molar-refractivity contribution < 1.29 is 41.8 Å². The minimum absolute atomic E-state index is 0.0456. The third-order valence-electron chi connectivity index (χ3n) is 6.48. The first kappa shape index (κ1) is 30.7. The van der Waals surface area contributed by atoms with Crippen LogP contribution in [0.2, 0.25) is 0 Å². The van der Waals surface area contributed by atoms with Gasteiger partial charge in [-0.15, -0.1) is 0 Å². The van der Waals surface area contributed by atoms with Crippen LogP contribution in [0, 0.1) is 11.7 Å². The van der Waals surface area contributed by atoms with E-state index in [1.54, 1.807) is 14.0 Å². The summed E-state index contributed by atoms with van der Waals surface area (Å²) in [6.45, 7) is 3.43. The highest BCUT2D eigenvalue weighted by Gasteiger charge is 2.34. The lowest BCUT2D eigenvalue weighted by Crippen LogP contribution is -2.50. The number of nitrogens with one attached hydrogen (secondary N) is 2. The number of hydrogen-bond acceptors (Lipinski definition) is 5. The van der Waals surface area contributed by atoms with Crippen molar-refractivity contribution in [2.75, 3.05) is 37.4 Å². The number of nitrogens with zero attached hydrogens (tertiary/aromatic N) is 2. The van der Waals surface area contributed by atoms with Gasteiger partial charge in [-0.2, -0.15) is 13.2 Å². The van der Waals surface area contributed by atoms with Crippen LogP contribution in [0.1, 0.15) is 37.0 Å². The third kappa shape index (κ3) is 8.31. The molecule has 0 radical (unpaired) electrons. The number of carbonyl (C=O) groups excluding carboxylic acids is 3. The van der Waals surface area contributed by atoms with Gasteiger partial charge in [0.05, 0.1) is 31.2 Å². The maximum absolute atomic E-state index is 13.5. The second kappa shape index (κ2) is 13.0. The smallest absolute Gasteiger partial charge is 0.389 e. The summed E-state index contributed by atoms with van der Waals surface area (Å²) in [6, 6.07) is 8.38. The molecule has 1 heterocycles. The van der Waals surface area contributed by atoms with Crippen LogP contribution in [0.4, 0.5) is 33.7 Å². The summed E-state index contributed by atoms with van der Waals surface area (Å²) < 4.78 is 56.8. The lowest BCUT2D eigenvalue weighted by atomic mass is 9.99. The van der Waals surface area contributed by atoms with Gasteiger partial charge in [0.1, 0.15) is 17.7 Å². The SMILES string of the molecule is C[C@@H]1CN([C@@H](C)CO)C(=O)c2cc(NC(=O)CCC(F)(F)F)ccc2O[C@H]1CN(C)C(=O)Nc1ccc(F)cc1. The molecule has 3 N–H and O–H groups in total. The van der Waals surface area contributed by atoms with E-state index < -0.39 is 54.8 Å². The van der Waals surface area contributed by atoms with Crippen molar-refractivity contribution in [3.05, 3.63) is 53.8 Å². The summed E-state index contributed by atoms with van der Waals surface area (Å²) in [7, 11) is 1.55. The molecule has 0 aliphatic carbocycles. The highest BCUT2D eigenvalue weighted by molar-refractivity contribution is 6.00. The zero-order valence-electron chi connectivity index (χ0n) is 22.3. The standard InChI is InChI=1S/C27H32F4N4O5/c1-16-13-35(17(2)15-36)25(38)21-12-20(32-24(37)10-11-27(29,30)31)8-9-22(21)40-23(16)14-34(3)26(39)33-19-6-4-18(28)5-7-19/h4-9,12,16-17,23,36H,10-11,13-15H2,1-3H3,(H,32,37)(H,33,39)/t16-,17+,23+/m1/s1. The minimum Gasteiger partial charge on any atom is -0.487 e. The van der Waals surface area contributed by atoms with Gasteiger partial charge in [-0.1, -0.05) is 6.92 Å². The number of aliphatic hydroxyl groups excluding tert-OH is 1. The molecule has 0 saturated heterocycles. The summed E-state index contributed by atoms with van der Waals surface area (Å²) in [5.74, 6) is -1.94. The lowest BCUT2D eigenvalue weighted by molar-refractivity contribution is -0.142. The van der Waals surface area contributed by atoms with Gasteiger partial charge in [-0.25, -0.2) is 9.18 Å². The normalized spacial score (nSPS) is 18.1. The van der Waals surface area contributed by atoms with Gasteiger partial charge in [-0.3, -0.25) is 9.59 Å². The van der Waals surface area contributed by atoms with Crippen molar-refractivity contribution in [3.8, 4) is 5.75 Å². The molecule has 4 amide bonds. The fraction of sp³-hybridized carbons (Fsp3) is 0.444. The molecule has 0 spiro atoms. The molecular formula is C27H32F4N4O5. The summed E-state index contributed by atoms with van der Waals surface area (Å²) >= 11 is 0. The number of rotatable bonds is 8. The number of alkyl halides is 3. The number of hydrogen-bond donors (Lipinski definition) is 3. The minimum atomic E-state index is -4.48. The fourth-order valence-electron chi connectivity index (χ4n) is 4.10. The highest BCUT2D eigenvalue weighted by Crippen LogP contribution is 2.31. The Hall–Kier alpha value is -3.87. The van der Waals surface area contributed by atoms with Crippen molar-refractivity contribution >= 4 is 29.2 Å². The molecule has 0 unspecified atom stereocenters. The Bertz CT molecular complexity index is 1210. The van der Waals surface area contributed by atoms with E-state index in [1.807, 2.05) is 6.92 Å². The molecule has 0 bridgehead atoms. The molecule has 0 fully saturated rings. The second-order valence-electron chi connectivity index (χ2n) is 9.81. The molecule has 13 heteroatoms. The summed E-state index contributed by atoms with van der Waals surface area (Å²) in [4.78, 5) is 41.1.